The van der Waals surface area contributed by atoms with E-state index in [-0.39, 0.29) is 25.7 Å². The van der Waals surface area contributed by atoms with Crippen LogP contribution in [0.15, 0.2) is 73.3 Å². The molecule has 9 N–H and O–H groups in total. The molecule has 0 fully saturated rings. The lowest BCUT2D eigenvalue weighted by Crippen LogP contribution is -2.58. The third-order valence-corrected chi connectivity index (χ3v) is 7.24. The van der Waals surface area contributed by atoms with Gasteiger partial charge in [-0.3, -0.25) is 19.2 Å². The summed E-state index contributed by atoms with van der Waals surface area (Å²) >= 11 is 0. The smallest absolute Gasteiger partial charge is 0.326 e. The minimum absolute atomic E-state index is 0.00320. The third-order valence-electron chi connectivity index (χ3n) is 7.24. The quantitative estimate of drug-likeness (QED) is 0.0880. The Morgan fingerprint density at radius 2 is 1.42 bits per heavy atom. The Morgan fingerprint density at radius 3 is 2.09 bits per heavy atom. The molecule has 4 atom stereocenters. The van der Waals surface area contributed by atoms with Crippen LogP contribution in [0.5, 0.6) is 0 Å². The normalized spacial score (nSPS) is 13.7. The molecule has 0 aliphatic heterocycles. The van der Waals surface area contributed by atoms with E-state index in [0.29, 0.717) is 11.3 Å². The van der Waals surface area contributed by atoms with Gasteiger partial charge in [-0.1, -0.05) is 48.5 Å². The summed E-state index contributed by atoms with van der Waals surface area (Å²) < 4.78 is 0. The Balaban J connectivity index is 1.58. The number of carbonyl (C=O) groups excluding carboxylic acids is 3. The zero-order chi connectivity index (χ0) is 32.3. The van der Waals surface area contributed by atoms with E-state index in [1.165, 1.54) is 12.5 Å². The molecule has 2 aromatic carbocycles. The summed E-state index contributed by atoms with van der Waals surface area (Å²) in [5, 5.41) is 27.2. The van der Waals surface area contributed by atoms with Crippen molar-refractivity contribution < 1.29 is 34.2 Å². The highest BCUT2D eigenvalue weighted by molar-refractivity contribution is 5.95. The second kappa shape index (κ2) is 15.3. The first-order valence-corrected chi connectivity index (χ1v) is 14.3. The molecule has 0 spiro atoms. The summed E-state index contributed by atoms with van der Waals surface area (Å²) in [6.45, 7) is 0. The molecule has 14 nitrogen and oxygen atoms in total. The topological polar surface area (TPSA) is 232 Å². The molecule has 45 heavy (non-hydrogen) atoms. The van der Waals surface area contributed by atoms with Crippen LogP contribution >= 0.6 is 0 Å². The number of fused-ring (bicyclic) bond motifs is 1. The van der Waals surface area contributed by atoms with Crippen LogP contribution in [-0.2, 0) is 43.2 Å². The van der Waals surface area contributed by atoms with Crippen molar-refractivity contribution in [2.24, 2.45) is 5.73 Å². The maximum Gasteiger partial charge on any atom is 0.326 e. The first-order chi connectivity index (χ1) is 21.6. The molecule has 14 heteroatoms. The van der Waals surface area contributed by atoms with Crippen LogP contribution in [-0.4, -0.2) is 79.0 Å². The Hall–Kier alpha value is -5.50. The van der Waals surface area contributed by atoms with E-state index in [1.54, 1.807) is 36.5 Å². The highest BCUT2D eigenvalue weighted by Gasteiger charge is 2.31. The molecule has 0 aliphatic carbocycles. The summed E-state index contributed by atoms with van der Waals surface area (Å²) in [6.07, 6.45) is 4.08. The Bertz CT molecular complexity index is 1620. The van der Waals surface area contributed by atoms with Gasteiger partial charge in [-0.2, -0.15) is 0 Å². The monoisotopic (exact) mass is 617 g/mol. The fourth-order valence-corrected chi connectivity index (χ4v) is 4.86. The number of H-pyrrole nitrogens is 2. The van der Waals surface area contributed by atoms with Gasteiger partial charge in [-0.05, 0) is 23.6 Å². The van der Waals surface area contributed by atoms with Gasteiger partial charge < -0.3 is 41.9 Å². The molecule has 236 valence electrons. The number of aromatic amines is 2. The summed E-state index contributed by atoms with van der Waals surface area (Å²) in [5.41, 5.74) is 9.01. The highest BCUT2D eigenvalue weighted by atomic mass is 16.4. The molecule has 4 aromatic rings. The zero-order valence-corrected chi connectivity index (χ0v) is 24.2. The van der Waals surface area contributed by atoms with Crippen molar-refractivity contribution in [1.29, 1.82) is 0 Å². The van der Waals surface area contributed by atoms with Crippen LogP contribution in [0.1, 0.15) is 29.7 Å². The molecule has 0 radical (unpaired) electrons. The zero-order valence-electron chi connectivity index (χ0n) is 24.2. The average molecular weight is 618 g/mol. The third kappa shape index (κ3) is 9.24. The molecule has 0 bridgehead atoms. The first kappa shape index (κ1) is 32.4. The Labute approximate surface area is 257 Å². The van der Waals surface area contributed by atoms with Crippen molar-refractivity contribution >= 4 is 40.6 Å². The van der Waals surface area contributed by atoms with E-state index in [2.05, 4.69) is 30.9 Å². The number of benzene rings is 2. The second-order valence-electron chi connectivity index (χ2n) is 10.6. The Kier molecular flexibility index (Phi) is 11.0. The molecule has 3 amide bonds. The minimum Gasteiger partial charge on any atom is -0.481 e. The number of nitrogens with two attached hydrogens (primary N) is 1. The van der Waals surface area contributed by atoms with Crippen LogP contribution < -0.4 is 21.7 Å². The molecule has 2 heterocycles. The molecular weight excluding hydrogens is 582 g/mol. The van der Waals surface area contributed by atoms with Gasteiger partial charge in [-0.15, -0.1) is 0 Å². The van der Waals surface area contributed by atoms with Crippen molar-refractivity contribution in [3.8, 4) is 0 Å². The number of carboxylic acids is 2. The summed E-state index contributed by atoms with van der Waals surface area (Å²) in [5.74, 6) is -4.75. The van der Waals surface area contributed by atoms with E-state index in [4.69, 9.17) is 10.8 Å². The average Bonchev–Trinajstić information content (AvgIpc) is 3.68. The fourth-order valence-electron chi connectivity index (χ4n) is 4.86. The van der Waals surface area contributed by atoms with E-state index < -0.39 is 60.2 Å². The molecule has 2 aromatic heterocycles. The van der Waals surface area contributed by atoms with Gasteiger partial charge in [0.25, 0.3) is 0 Å². The predicted molar refractivity (Wildman–Crippen MR) is 163 cm³/mol. The molecule has 0 saturated heterocycles. The maximum absolute atomic E-state index is 13.9. The van der Waals surface area contributed by atoms with Gasteiger partial charge in [0.2, 0.25) is 17.7 Å². The number of aliphatic carboxylic acids is 2. The number of carbonyl (C=O) groups is 5. The van der Waals surface area contributed by atoms with Gasteiger partial charge >= 0.3 is 11.9 Å². The number of rotatable bonds is 16. The SMILES string of the molecule is NC(Cc1cnc[nH]1)C(=O)NC(Cc1c[nH]c2ccccc12)C(=O)NC(Cc1ccccc1)C(=O)NC(CCC(=O)O)C(=O)O. The fraction of sp³-hybridized carbons (Fsp3) is 0.290. The molecule has 4 unspecified atom stereocenters. The lowest BCUT2D eigenvalue weighted by molar-refractivity contribution is -0.143. The van der Waals surface area contributed by atoms with E-state index in [0.717, 1.165) is 16.5 Å². The van der Waals surface area contributed by atoms with E-state index >= 15 is 0 Å². The molecule has 0 saturated carbocycles. The predicted octanol–water partition coefficient (Wildman–Crippen LogP) is 0.650. The molecule has 4 rings (SSSR count). The van der Waals surface area contributed by atoms with Crippen molar-refractivity contribution in [2.75, 3.05) is 0 Å². The number of hydrogen-bond acceptors (Lipinski definition) is 7. The Morgan fingerprint density at radius 1 is 0.778 bits per heavy atom. The maximum atomic E-state index is 13.9. The lowest BCUT2D eigenvalue weighted by atomic mass is 10.0. The number of carboxylic acid groups (broad SMARTS) is 2. The van der Waals surface area contributed by atoms with Crippen molar-refractivity contribution in [3.05, 3.63) is 90.1 Å². The van der Waals surface area contributed by atoms with Gasteiger partial charge in [0, 0.05) is 54.7 Å². The number of aromatic nitrogens is 3. The number of nitrogens with one attached hydrogen (secondary N) is 5. The van der Waals surface area contributed by atoms with Crippen molar-refractivity contribution in [1.82, 2.24) is 30.9 Å². The first-order valence-electron chi connectivity index (χ1n) is 14.3. The van der Waals surface area contributed by atoms with Gasteiger partial charge in [0.15, 0.2) is 0 Å². The van der Waals surface area contributed by atoms with Crippen LogP contribution in [0.2, 0.25) is 0 Å². The standard InChI is InChI=1S/C31H35N7O7/c32-22(14-20-16-33-17-35-20)28(41)37-26(13-19-15-34-23-9-5-4-8-21(19)23)30(43)38-25(12-18-6-2-1-3-7-18)29(42)36-24(31(44)45)10-11-27(39)40/h1-9,15-17,22,24-26,34H,10-14,32H2,(H,33,35)(H,36,42)(H,37,41)(H,38,43)(H,39,40)(H,44,45). The van der Waals surface area contributed by atoms with E-state index in [9.17, 15) is 29.1 Å². The largest absolute Gasteiger partial charge is 0.481 e. The van der Waals surface area contributed by atoms with Crippen molar-refractivity contribution in [2.45, 2.75) is 56.3 Å². The molecule has 0 aliphatic rings. The molecular formula is C31H35N7O7. The van der Waals surface area contributed by atoms with Gasteiger partial charge in [0.1, 0.15) is 18.1 Å². The highest BCUT2D eigenvalue weighted by Crippen LogP contribution is 2.19. The van der Waals surface area contributed by atoms with Gasteiger partial charge in [0.05, 0.1) is 12.4 Å². The van der Waals surface area contributed by atoms with Crippen LogP contribution in [0.4, 0.5) is 0 Å². The van der Waals surface area contributed by atoms with Crippen LogP contribution in [0.25, 0.3) is 10.9 Å². The second-order valence-corrected chi connectivity index (χ2v) is 10.6. The number of amides is 3. The number of imidazole rings is 1. The van der Waals surface area contributed by atoms with Crippen molar-refractivity contribution in [3.63, 3.8) is 0 Å². The van der Waals surface area contributed by atoms with Crippen LogP contribution in [0.3, 0.4) is 0 Å². The number of para-hydroxylation sites is 1. The number of hydrogen-bond donors (Lipinski definition) is 8. The number of nitrogens with zero attached hydrogens (tertiary/aromatic N) is 1. The van der Waals surface area contributed by atoms with Gasteiger partial charge in [-0.25, -0.2) is 9.78 Å². The van der Waals surface area contributed by atoms with Crippen LogP contribution in [0, 0.1) is 0 Å². The summed E-state index contributed by atoms with van der Waals surface area (Å²) in [6, 6.07) is 11.3. The lowest BCUT2D eigenvalue weighted by Gasteiger charge is -2.25. The minimum atomic E-state index is -1.49. The summed E-state index contributed by atoms with van der Waals surface area (Å²) in [7, 11) is 0. The van der Waals surface area contributed by atoms with E-state index in [1.807, 2.05) is 24.3 Å². The summed E-state index contributed by atoms with van der Waals surface area (Å²) in [4.78, 5) is 73.2.